The summed E-state index contributed by atoms with van der Waals surface area (Å²) in [6.07, 6.45) is 0. The van der Waals surface area contributed by atoms with Crippen LogP contribution < -0.4 is 5.32 Å². The van der Waals surface area contributed by atoms with E-state index in [1.807, 2.05) is 5.32 Å². The summed E-state index contributed by atoms with van der Waals surface area (Å²) >= 11 is 20.8. The van der Waals surface area contributed by atoms with Crippen molar-refractivity contribution in [2.75, 3.05) is 0 Å². The number of nitrogens with one attached hydrogen (secondary N) is 1. The molecule has 0 aromatic rings. The van der Waals surface area contributed by atoms with Crippen molar-refractivity contribution in [1.29, 1.82) is 5.26 Å². The maximum atomic E-state index is 10.7. The molecule has 66 valence electrons. The third kappa shape index (κ3) is 4.03. The zero-order valence-electron chi connectivity index (χ0n) is 5.44. The number of carbonyl (C=O) groups is 1. The van der Waals surface area contributed by atoms with Gasteiger partial charge in [-0.2, -0.15) is 5.26 Å². The van der Waals surface area contributed by atoms with Gasteiger partial charge in [-0.25, -0.2) is 0 Å². The second kappa shape index (κ2) is 5.50. The van der Waals surface area contributed by atoms with Gasteiger partial charge in [0.2, 0.25) is 0 Å². The fourth-order valence-electron chi connectivity index (χ4n) is 0.295. The van der Waals surface area contributed by atoms with E-state index in [-0.39, 0.29) is 10.2 Å². The standard InChI is InChI=1S/C5H2Cl4N2O/c6-3(7)2(1-10)11-5(12)4(8)9/h4H,(H,11,12). The highest BCUT2D eigenvalue weighted by atomic mass is 35.5. The summed E-state index contributed by atoms with van der Waals surface area (Å²) < 4.78 is -0.347. The molecule has 0 aromatic carbocycles. The summed E-state index contributed by atoms with van der Waals surface area (Å²) in [7, 11) is 0. The van der Waals surface area contributed by atoms with E-state index >= 15 is 0 Å². The Kier molecular flexibility index (Phi) is 5.43. The Hall–Kier alpha value is -0.140. The van der Waals surface area contributed by atoms with Crippen LogP contribution in [-0.4, -0.2) is 10.7 Å². The average Bonchev–Trinajstić information content (AvgIpc) is 1.98. The van der Waals surface area contributed by atoms with Crippen molar-refractivity contribution in [3.8, 4) is 6.07 Å². The number of hydrogen-bond acceptors (Lipinski definition) is 2. The zero-order chi connectivity index (χ0) is 9.72. The van der Waals surface area contributed by atoms with Crippen LogP contribution in [0, 0.1) is 11.3 Å². The first-order chi connectivity index (χ1) is 5.49. The number of amides is 1. The summed E-state index contributed by atoms with van der Waals surface area (Å²) in [5.74, 6) is -0.756. The molecular weight excluding hydrogens is 246 g/mol. The van der Waals surface area contributed by atoms with Crippen LogP contribution in [0.15, 0.2) is 10.2 Å². The van der Waals surface area contributed by atoms with Crippen LogP contribution in [0.1, 0.15) is 0 Å². The van der Waals surface area contributed by atoms with Crippen LogP contribution in [0.3, 0.4) is 0 Å². The first-order valence-corrected chi connectivity index (χ1v) is 4.16. The normalized spacial score (nSPS) is 9.00. The molecule has 7 heteroatoms. The summed E-state index contributed by atoms with van der Waals surface area (Å²) in [4.78, 5) is 9.48. The maximum absolute atomic E-state index is 10.7. The molecule has 0 saturated carbocycles. The fourth-order valence-corrected chi connectivity index (χ4v) is 0.583. The quantitative estimate of drug-likeness (QED) is 0.600. The maximum Gasteiger partial charge on any atom is 0.258 e. The lowest BCUT2D eigenvalue weighted by Crippen LogP contribution is -2.27. The molecule has 0 heterocycles. The molecule has 0 saturated heterocycles. The average molecular weight is 248 g/mol. The third-order valence-corrected chi connectivity index (χ3v) is 1.52. The Morgan fingerprint density at radius 1 is 1.42 bits per heavy atom. The van der Waals surface area contributed by atoms with Crippen LogP contribution in [0.2, 0.25) is 0 Å². The second-order valence-electron chi connectivity index (χ2n) is 1.54. The highest BCUT2D eigenvalue weighted by Gasteiger charge is 2.13. The van der Waals surface area contributed by atoms with Crippen molar-refractivity contribution in [3.05, 3.63) is 10.2 Å². The first kappa shape index (κ1) is 11.9. The monoisotopic (exact) mass is 246 g/mol. The van der Waals surface area contributed by atoms with Crippen LogP contribution in [-0.2, 0) is 4.79 Å². The number of nitrogens with zero attached hydrogens (tertiary/aromatic N) is 1. The van der Waals surface area contributed by atoms with Crippen LogP contribution in [0.4, 0.5) is 0 Å². The Balaban J connectivity index is 4.37. The molecule has 0 radical (unpaired) electrons. The fraction of sp³-hybridized carbons (Fsp3) is 0.200. The van der Waals surface area contributed by atoms with E-state index in [0.29, 0.717) is 0 Å². The number of alkyl halides is 2. The minimum atomic E-state index is -1.26. The van der Waals surface area contributed by atoms with Crippen molar-refractivity contribution >= 4 is 52.3 Å². The number of halogens is 4. The predicted octanol–water partition coefficient (Wildman–Crippen LogP) is 2.08. The molecule has 0 fully saturated rings. The van der Waals surface area contributed by atoms with Gasteiger partial charge in [0.1, 0.15) is 10.6 Å². The molecule has 0 aliphatic carbocycles. The van der Waals surface area contributed by atoms with Gasteiger partial charge in [-0.05, 0) is 0 Å². The molecule has 0 aromatic heterocycles. The number of nitriles is 1. The van der Waals surface area contributed by atoms with Crippen molar-refractivity contribution in [3.63, 3.8) is 0 Å². The van der Waals surface area contributed by atoms with Gasteiger partial charge in [-0.1, -0.05) is 46.4 Å². The summed E-state index contributed by atoms with van der Waals surface area (Å²) in [5, 5.41) is 10.4. The molecule has 1 N–H and O–H groups in total. The molecule has 0 rings (SSSR count). The van der Waals surface area contributed by atoms with Gasteiger partial charge in [0.25, 0.3) is 5.91 Å². The third-order valence-electron chi connectivity index (χ3n) is 0.747. The smallest absolute Gasteiger partial charge is 0.258 e. The Labute approximate surface area is 88.8 Å². The Bertz CT molecular complexity index is 251. The molecule has 0 spiro atoms. The Morgan fingerprint density at radius 2 is 1.92 bits per heavy atom. The number of rotatable bonds is 2. The zero-order valence-corrected chi connectivity index (χ0v) is 8.47. The van der Waals surface area contributed by atoms with E-state index in [0.717, 1.165) is 0 Å². The molecule has 0 aliphatic rings. The topological polar surface area (TPSA) is 52.9 Å². The highest BCUT2D eigenvalue weighted by Crippen LogP contribution is 2.12. The summed E-state index contributed by atoms with van der Waals surface area (Å²) in [6.45, 7) is 0. The van der Waals surface area contributed by atoms with Crippen molar-refractivity contribution < 1.29 is 4.79 Å². The van der Waals surface area contributed by atoms with Crippen LogP contribution in [0.5, 0.6) is 0 Å². The van der Waals surface area contributed by atoms with Gasteiger partial charge in [0, 0.05) is 0 Å². The van der Waals surface area contributed by atoms with E-state index in [2.05, 4.69) is 0 Å². The lowest BCUT2D eigenvalue weighted by atomic mass is 10.5. The largest absolute Gasteiger partial charge is 0.313 e. The van der Waals surface area contributed by atoms with Gasteiger partial charge < -0.3 is 5.32 Å². The van der Waals surface area contributed by atoms with Gasteiger partial charge in [-0.15, -0.1) is 0 Å². The molecular formula is C5H2Cl4N2O. The molecule has 0 aliphatic heterocycles. The van der Waals surface area contributed by atoms with Crippen molar-refractivity contribution in [2.24, 2.45) is 0 Å². The Morgan fingerprint density at radius 3 is 2.17 bits per heavy atom. The number of carbonyl (C=O) groups excluding carboxylic acids is 1. The lowest BCUT2D eigenvalue weighted by molar-refractivity contribution is -0.118. The lowest BCUT2D eigenvalue weighted by Gasteiger charge is -2.02. The van der Waals surface area contributed by atoms with Gasteiger partial charge in [0.15, 0.2) is 10.5 Å². The van der Waals surface area contributed by atoms with Gasteiger partial charge >= 0.3 is 0 Å². The van der Waals surface area contributed by atoms with Crippen LogP contribution in [0.25, 0.3) is 0 Å². The minimum absolute atomic E-state index is 0.283. The van der Waals surface area contributed by atoms with Gasteiger partial charge in [-0.3, -0.25) is 4.79 Å². The molecule has 0 atom stereocenters. The second-order valence-corrected chi connectivity index (χ2v) is 3.58. The molecule has 0 bridgehead atoms. The summed E-state index contributed by atoms with van der Waals surface area (Å²) in [5.41, 5.74) is -0.283. The predicted molar refractivity (Wildman–Crippen MR) is 48.0 cm³/mol. The molecule has 3 nitrogen and oxygen atoms in total. The molecule has 0 unspecified atom stereocenters. The van der Waals surface area contributed by atoms with Gasteiger partial charge in [0.05, 0.1) is 0 Å². The highest BCUT2D eigenvalue weighted by molar-refractivity contribution is 6.57. The SMILES string of the molecule is N#CC(NC(=O)C(Cl)Cl)=C(Cl)Cl. The van der Waals surface area contributed by atoms with E-state index in [4.69, 9.17) is 51.7 Å². The molecule has 1 amide bonds. The molecule has 12 heavy (non-hydrogen) atoms. The van der Waals surface area contributed by atoms with Crippen molar-refractivity contribution in [2.45, 2.75) is 4.84 Å². The first-order valence-electron chi connectivity index (χ1n) is 2.53. The van der Waals surface area contributed by atoms with Crippen LogP contribution >= 0.6 is 46.4 Å². The van der Waals surface area contributed by atoms with E-state index < -0.39 is 10.7 Å². The van der Waals surface area contributed by atoms with E-state index in [1.54, 1.807) is 6.07 Å². The minimum Gasteiger partial charge on any atom is -0.313 e. The van der Waals surface area contributed by atoms with E-state index in [9.17, 15) is 4.79 Å². The summed E-state index contributed by atoms with van der Waals surface area (Å²) in [6, 6.07) is 1.55. The number of hydrogen-bond donors (Lipinski definition) is 1. The number of allylic oxidation sites excluding steroid dienone is 1. The van der Waals surface area contributed by atoms with E-state index in [1.165, 1.54) is 0 Å². The van der Waals surface area contributed by atoms with Crippen molar-refractivity contribution in [1.82, 2.24) is 5.32 Å².